The van der Waals surface area contributed by atoms with E-state index in [4.69, 9.17) is 4.74 Å². The molecule has 1 aromatic carbocycles. The zero-order valence-electron chi connectivity index (χ0n) is 9.08. The quantitative estimate of drug-likeness (QED) is 0.697. The van der Waals surface area contributed by atoms with Crippen LogP contribution in [0.25, 0.3) is 0 Å². The van der Waals surface area contributed by atoms with Gasteiger partial charge in [0, 0.05) is 6.10 Å². The topological polar surface area (TPSA) is 9.23 Å². The van der Waals surface area contributed by atoms with Crippen molar-refractivity contribution in [3.8, 4) is 0 Å². The molecule has 0 N–H and O–H groups in total. The average molecular weight is 254 g/mol. The SMILES string of the molecule is F[B-](F)(F)[C@@H]1C[C@H]1OCc1ccccc1.[K+]. The molecule has 1 saturated carbocycles. The van der Waals surface area contributed by atoms with Crippen LogP contribution in [0.3, 0.4) is 0 Å². The first kappa shape index (κ1) is 14.7. The molecule has 1 aromatic rings. The summed E-state index contributed by atoms with van der Waals surface area (Å²) >= 11 is 0. The van der Waals surface area contributed by atoms with Crippen LogP contribution in [0.15, 0.2) is 30.3 Å². The Morgan fingerprint density at radius 3 is 2.31 bits per heavy atom. The first-order valence-electron chi connectivity index (χ1n) is 4.93. The Bertz CT molecular complexity index is 331. The Balaban J connectivity index is 0.00000128. The Labute approximate surface area is 135 Å². The number of benzene rings is 1. The molecule has 6 heteroatoms. The van der Waals surface area contributed by atoms with Gasteiger partial charge in [-0.25, -0.2) is 0 Å². The monoisotopic (exact) mass is 254 g/mol. The molecule has 0 heterocycles. The van der Waals surface area contributed by atoms with E-state index in [9.17, 15) is 12.9 Å². The third-order valence-corrected chi connectivity index (χ3v) is 2.57. The molecular formula is C10H11BF3KO. The minimum Gasteiger partial charge on any atom is -0.449 e. The molecule has 1 aliphatic rings. The van der Waals surface area contributed by atoms with Gasteiger partial charge in [-0.2, -0.15) is 0 Å². The fourth-order valence-electron chi connectivity index (χ4n) is 1.56. The van der Waals surface area contributed by atoms with Gasteiger partial charge in [-0.05, 0) is 17.8 Å². The maximum absolute atomic E-state index is 12.2. The molecule has 0 aliphatic heterocycles. The van der Waals surface area contributed by atoms with E-state index in [0.29, 0.717) is 0 Å². The van der Waals surface area contributed by atoms with E-state index in [0.717, 1.165) is 5.56 Å². The second-order valence-electron chi connectivity index (χ2n) is 3.86. The molecule has 82 valence electrons. The van der Waals surface area contributed by atoms with Crippen LogP contribution in [0.5, 0.6) is 0 Å². The number of hydrogen-bond acceptors (Lipinski definition) is 1. The van der Waals surface area contributed by atoms with Crippen molar-refractivity contribution in [1.29, 1.82) is 0 Å². The normalized spacial score (nSPS) is 23.7. The van der Waals surface area contributed by atoms with Gasteiger partial charge in [0.25, 0.3) is 0 Å². The van der Waals surface area contributed by atoms with E-state index in [2.05, 4.69) is 0 Å². The average Bonchev–Trinajstić information content (AvgIpc) is 2.95. The summed E-state index contributed by atoms with van der Waals surface area (Å²) in [5.41, 5.74) is 0.915. The van der Waals surface area contributed by atoms with Crippen molar-refractivity contribution in [2.45, 2.75) is 24.9 Å². The van der Waals surface area contributed by atoms with Gasteiger partial charge in [0.15, 0.2) is 0 Å². The molecule has 1 nitrogen and oxygen atoms in total. The summed E-state index contributed by atoms with van der Waals surface area (Å²) in [5.74, 6) is -1.19. The number of rotatable bonds is 4. The molecular weight excluding hydrogens is 243 g/mol. The first-order valence-corrected chi connectivity index (χ1v) is 4.93. The Kier molecular flexibility index (Phi) is 5.54. The van der Waals surface area contributed by atoms with Crippen molar-refractivity contribution in [1.82, 2.24) is 0 Å². The van der Waals surface area contributed by atoms with Crippen LogP contribution in [0.4, 0.5) is 12.9 Å². The number of hydrogen-bond donors (Lipinski definition) is 0. The maximum atomic E-state index is 12.2. The predicted molar refractivity (Wildman–Crippen MR) is 52.5 cm³/mol. The van der Waals surface area contributed by atoms with Gasteiger partial charge in [0.2, 0.25) is 0 Å². The molecule has 1 fully saturated rings. The zero-order valence-corrected chi connectivity index (χ0v) is 12.2. The minimum absolute atomic E-state index is 0. The Morgan fingerprint density at radius 1 is 1.19 bits per heavy atom. The molecule has 2 atom stereocenters. The first-order chi connectivity index (χ1) is 7.07. The van der Waals surface area contributed by atoms with Gasteiger partial charge >= 0.3 is 58.4 Å². The van der Waals surface area contributed by atoms with Crippen molar-refractivity contribution < 1.29 is 69.1 Å². The van der Waals surface area contributed by atoms with Crippen LogP contribution in [0.1, 0.15) is 12.0 Å². The van der Waals surface area contributed by atoms with Crippen LogP contribution in [0.2, 0.25) is 5.82 Å². The Morgan fingerprint density at radius 2 is 1.81 bits per heavy atom. The predicted octanol–water partition coefficient (Wildman–Crippen LogP) is 0.197. The molecule has 0 aromatic heterocycles. The summed E-state index contributed by atoms with van der Waals surface area (Å²) in [7, 11) is 0. The fraction of sp³-hybridized carbons (Fsp3) is 0.400. The molecule has 2 rings (SSSR count). The number of ether oxygens (including phenoxy) is 1. The van der Waals surface area contributed by atoms with E-state index in [1.807, 2.05) is 30.3 Å². The minimum atomic E-state index is -4.71. The standard InChI is InChI=1S/C10H11BF3O.K/c12-11(13,14)9-6-10(9)15-7-8-4-2-1-3-5-8;/h1-5,9-10H,6-7H2;/q-1;+1/t9-,10-;/m1./s1. The molecule has 1 aliphatic carbocycles. The van der Waals surface area contributed by atoms with Crippen LogP contribution in [-0.4, -0.2) is 13.1 Å². The summed E-state index contributed by atoms with van der Waals surface area (Å²) in [4.78, 5) is 0. The smallest absolute Gasteiger partial charge is 0.449 e. The second kappa shape index (κ2) is 6.02. The summed E-state index contributed by atoms with van der Waals surface area (Å²) < 4.78 is 41.8. The van der Waals surface area contributed by atoms with Gasteiger partial charge in [0.1, 0.15) is 0 Å². The fourth-order valence-corrected chi connectivity index (χ4v) is 1.56. The maximum Gasteiger partial charge on any atom is 1.00 e. The third kappa shape index (κ3) is 4.16. The zero-order chi connectivity index (χ0) is 10.9. The largest absolute Gasteiger partial charge is 1.00 e. The van der Waals surface area contributed by atoms with Gasteiger partial charge in [-0.15, -0.1) is 0 Å². The van der Waals surface area contributed by atoms with E-state index in [1.54, 1.807) is 0 Å². The van der Waals surface area contributed by atoms with Crippen molar-refractivity contribution in [3.63, 3.8) is 0 Å². The summed E-state index contributed by atoms with van der Waals surface area (Å²) in [6, 6.07) is 9.24. The van der Waals surface area contributed by atoms with E-state index < -0.39 is 18.9 Å². The second-order valence-corrected chi connectivity index (χ2v) is 3.86. The molecule has 0 saturated heterocycles. The van der Waals surface area contributed by atoms with Gasteiger partial charge in [0.05, 0.1) is 6.61 Å². The molecule has 0 bridgehead atoms. The van der Waals surface area contributed by atoms with E-state index in [-0.39, 0.29) is 64.4 Å². The third-order valence-electron chi connectivity index (χ3n) is 2.57. The van der Waals surface area contributed by atoms with E-state index >= 15 is 0 Å². The van der Waals surface area contributed by atoms with Gasteiger partial charge in [-0.1, -0.05) is 30.3 Å². The Hall–Kier alpha value is 0.671. The van der Waals surface area contributed by atoms with Crippen molar-refractivity contribution in [2.75, 3.05) is 0 Å². The molecule has 0 unspecified atom stereocenters. The molecule has 16 heavy (non-hydrogen) atoms. The molecule has 0 radical (unpaired) electrons. The summed E-state index contributed by atoms with van der Waals surface area (Å²) in [6.07, 6.45) is -0.471. The van der Waals surface area contributed by atoms with Crippen molar-refractivity contribution >= 4 is 6.98 Å². The van der Waals surface area contributed by atoms with Gasteiger partial charge in [-0.3, -0.25) is 0 Å². The van der Waals surface area contributed by atoms with E-state index in [1.165, 1.54) is 0 Å². The van der Waals surface area contributed by atoms with Crippen LogP contribution in [0, 0.1) is 0 Å². The summed E-state index contributed by atoms with van der Waals surface area (Å²) in [5, 5.41) is 0. The van der Waals surface area contributed by atoms with Crippen LogP contribution in [-0.2, 0) is 11.3 Å². The summed E-state index contributed by atoms with van der Waals surface area (Å²) in [6.45, 7) is -4.43. The van der Waals surface area contributed by atoms with Gasteiger partial charge < -0.3 is 17.7 Å². The molecule has 0 spiro atoms. The number of halogens is 3. The van der Waals surface area contributed by atoms with Crippen molar-refractivity contribution in [2.24, 2.45) is 0 Å². The van der Waals surface area contributed by atoms with Crippen molar-refractivity contribution in [3.05, 3.63) is 35.9 Å². The molecule has 0 amide bonds. The van der Waals surface area contributed by atoms with Crippen LogP contribution >= 0.6 is 0 Å². The van der Waals surface area contributed by atoms with Crippen LogP contribution < -0.4 is 51.4 Å².